The fourth-order valence-electron chi connectivity index (χ4n) is 2.52. The summed E-state index contributed by atoms with van der Waals surface area (Å²) in [6.07, 6.45) is 4.50. The molecular weight excluding hydrogens is 341 g/mol. The molecular formula is C14H18INO2. The van der Waals surface area contributed by atoms with E-state index in [0.29, 0.717) is 11.5 Å². The molecule has 0 heterocycles. The minimum atomic E-state index is -0.162. The van der Waals surface area contributed by atoms with Gasteiger partial charge in [-0.2, -0.15) is 0 Å². The highest BCUT2D eigenvalue weighted by atomic mass is 127. The Hall–Kier alpha value is -0.780. The molecule has 3 nitrogen and oxygen atoms in total. The number of phenolic OH excluding ortho intramolecular Hbond substituents is 1. The summed E-state index contributed by atoms with van der Waals surface area (Å²) in [4.78, 5) is 12.1. The molecule has 2 atom stereocenters. The van der Waals surface area contributed by atoms with Crippen LogP contribution in [-0.2, 0) is 0 Å². The number of aromatic hydroxyl groups is 1. The Morgan fingerprint density at radius 2 is 2.22 bits per heavy atom. The minimum Gasteiger partial charge on any atom is -0.507 e. The Balaban J connectivity index is 2.05. The van der Waals surface area contributed by atoms with Crippen LogP contribution in [0.3, 0.4) is 0 Å². The van der Waals surface area contributed by atoms with E-state index in [-0.39, 0.29) is 17.7 Å². The average molecular weight is 359 g/mol. The van der Waals surface area contributed by atoms with E-state index in [2.05, 4.69) is 34.8 Å². The van der Waals surface area contributed by atoms with Gasteiger partial charge in [-0.05, 0) is 59.5 Å². The maximum atomic E-state index is 12.1. The monoisotopic (exact) mass is 359 g/mol. The Morgan fingerprint density at radius 1 is 1.44 bits per heavy atom. The van der Waals surface area contributed by atoms with Gasteiger partial charge in [0.25, 0.3) is 5.91 Å². The lowest BCUT2D eigenvalue weighted by molar-refractivity contribution is 0.0918. The summed E-state index contributed by atoms with van der Waals surface area (Å²) in [5.74, 6) is 0.565. The second-order valence-corrected chi connectivity index (χ2v) is 6.35. The number of hydrogen-bond donors (Lipinski definition) is 2. The first-order chi connectivity index (χ1) is 8.56. The van der Waals surface area contributed by atoms with Crippen molar-refractivity contribution < 1.29 is 9.90 Å². The topological polar surface area (TPSA) is 49.3 Å². The van der Waals surface area contributed by atoms with E-state index in [9.17, 15) is 9.90 Å². The molecule has 2 N–H and O–H groups in total. The normalized spacial score (nSPS) is 23.7. The Labute approximate surface area is 121 Å². The van der Waals surface area contributed by atoms with Crippen LogP contribution in [0.2, 0.25) is 0 Å². The highest BCUT2D eigenvalue weighted by Gasteiger charge is 2.22. The summed E-state index contributed by atoms with van der Waals surface area (Å²) < 4.78 is 0.951. The van der Waals surface area contributed by atoms with Gasteiger partial charge < -0.3 is 10.4 Å². The number of amides is 1. The fourth-order valence-corrected chi connectivity index (χ4v) is 3.01. The maximum Gasteiger partial charge on any atom is 0.255 e. The van der Waals surface area contributed by atoms with Crippen molar-refractivity contribution in [3.05, 3.63) is 27.3 Å². The summed E-state index contributed by atoms with van der Waals surface area (Å²) in [5.41, 5.74) is 0.375. The zero-order valence-corrected chi connectivity index (χ0v) is 12.6. The van der Waals surface area contributed by atoms with Gasteiger partial charge in [-0.15, -0.1) is 0 Å². The van der Waals surface area contributed by atoms with Gasteiger partial charge >= 0.3 is 0 Å². The maximum absolute atomic E-state index is 12.1. The number of carbonyl (C=O) groups is 1. The van der Waals surface area contributed by atoms with Gasteiger partial charge in [0.05, 0.1) is 5.56 Å². The van der Waals surface area contributed by atoms with Crippen molar-refractivity contribution in [1.82, 2.24) is 5.32 Å². The first kappa shape index (κ1) is 13.6. The molecule has 1 fully saturated rings. The molecule has 1 aliphatic carbocycles. The van der Waals surface area contributed by atoms with Gasteiger partial charge in [-0.25, -0.2) is 0 Å². The Bertz CT molecular complexity index is 447. The number of benzene rings is 1. The lowest BCUT2D eigenvalue weighted by atomic mass is 9.87. The molecule has 2 rings (SSSR count). The van der Waals surface area contributed by atoms with Crippen LogP contribution in [0.15, 0.2) is 18.2 Å². The summed E-state index contributed by atoms with van der Waals surface area (Å²) in [6.45, 7) is 2.22. The third-order valence-corrected chi connectivity index (χ3v) is 4.15. The third kappa shape index (κ3) is 3.37. The Morgan fingerprint density at radius 3 is 2.94 bits per heavy atom. The first-order valence-electron chi connectivity index (χ1n) is 6.35. The molecule has 1 aromatic carbocycles. The van der Waals surface area contributed by atoms with Crippen LogP contribution < -0.4 is 5.32 Å². The van der Waals surface area contributed by atoms with Gasteiger partial charge in [0.1, 0.15) is 5.75 Å². The highest BCUT2D eigenvalue weighted by molar-refractivity contribution is 14.1. The minimum absolute atomic E-state index is 0.0526. The van der Waals surface area contributed by atoms with Gasteiger partial charge in [0.15, 0.2) is 0 Å². The highest BCUT2D eigenvalue weighted by Crippen LogP contribution is 2.25. The van der Waals surface area contributed by atoms with Crippen molar-refractivity contribution in [3.63, 3.8) is 0 Å². The Kier molecular flexibility index (Phi) is 4.48. The molecule has 18 heavy (non-hydrogen) atoms. The zero-order valence-electron chi connectivity index (χ0n) is 10.4. The van der Waals surface area contributed by atoms with E-state index in [4.69, 9.17) is 0 Å². The SMILES string of the molecule is CC1CCCC(NC(=O)c2cc(I)ccc2O)C1. The molecule has 0 bridgehead atoms. The lowest BCUT2D eigenvalue weighted by Crippen LogP contribution is -2.38. The van der Waals surface area contributed by atoms with Crippen LogP contribution in [0, 0.1) is 9.49 Å². The largest absolute Gasteiger partial charge is 0.507 e. The van der Waals surface area contributed by atoms with Gasteiger partial charge in [0.2, 0.25) is 0 Å². The number of halogens is 1. The third-order valence-electron chi connectivity index (χ3n) is 3.47. The number of phenols is 1. The van der Waals surface area contributed by atoms with Crippen LogP contribution in [-0.4, -0.2) is 17.1 Å². The fraction of sp³-hybridized carbons (Fsp3) is 0.500. The molecule has 1 aromatic rings. The number of rotatable bonds is 2. The molecule has 1 amide bonds. The molecule has 4 heteroatoms. The van der Waals surface area contributed by atoms with Crippen LogP contribution in [0.5, 0.6) is 5.75 Å². The van der Waals surface area contributed by atoms with Crippen LogP contribution in [0.1, 0.15) is 43.0 Å². The van der Waals surface area contributed by atoms with Gasteiger partial charge in [-0.3, -0.25) is 4.79 Å². The van der Waals surface area contributed by atoms with Crippen LogP contribution in [0.4, 0.5) is 0 Å². The summed E-state index contributed by atoms with van der Waals surface area (Å²) in [7, 11) is 0. The van der Waals surface area contributed by atoms with E-state index in [1.165, 1.54) is 12.8 Å². The predicted molar refractivity (Wildman–Crippen MR) is 79.7 cm³/mol. The number of nitrogens with one attached hydrogen (secondary N) is 1. The molecule has 0 radical (unpaired) electrons. The molecule has 0 spiro atoms. The molecule has 98 valence electrons. The summed E-state index contributed by atoms with van der Waals surface area (Å²) in [5, 5.41) is 12.8. The lowest BCUT2D eigenvalue weighted by Gasteiger charge is -2.27. The van der Waals surface area contributed by atoms with Crippen molar-refractivity contribution in [3.8, 4) is 5.75 Å². The summed E-state index contributed by atoms with van der Waals surface area (Å²) >= 11 is 2.14. The van der Waals surface area contributed by atoms with Gasteiger partial charge in [-0.1, -0.05) is 19.8 Å². The molecule has 2 unspecified atom stereocenters. The first-order valence-corrected chi connectivity index (χ1v) is 7.43. The quantitative estimate of drug-likeness (QED) is 0.796. The van der Waals surface area contributed by atoms with E-state index in [0.717, 1.165) is 16.4 Å². The van der Waals surface area contributed by atoms with Crippen molar-refractivity contribution in [2.75, 3.05) is 0 Å². The summed E-state index contributed by atoms with van der Waals surface area (Å²) in [6, 6.07) is 5.33. The average Bonchev–Trinajstić information content (AvgIpc) is 2.32. The second kappa shape index (κ2) is 5.91. The second-order valence-electron chi connectivity index (χ2n) is 5.10. The van der Waals surface area contributed by atoms with E-state index in [1.54, 1.807) is 18.2 Å². The van der Waals surface area contributed by atoms with Crippen molar-refractivity contribution >= 4 is 28.5 Å². The number of hydrogen-bond acceptors (Lipinski definition) is 2. The molecule has 1 saturated carbocycles. The van der Waals surface area contributed by atoms with Crippen LogP contribution in [0.25, 0.3) is 0 Å². The number of carbonyl (C=O) groups excluding carboxylic acids is 1. The van der Waals surface area contributed by atoms with Crippen molar-refractivity contribution in [2.24, 2.45) is 5.92 Å². The van der Waals surface area contributed by atoms with Crippen molar-refractivity contribution in [2.45, 2.75) is 38.6 Å². The smallest absolute Gasteiger partial charge is 0.255 e. The van der Waals surface area contributed by atoms with Crippen LogP contribution >= 0.6 is 22.6 Å². The molecule has 1 aliphatic rings. The molecule has 0 saturated heterocycles. The zero-order chi connectivity index (χ0) is 13.1. The molecule has 0 aliphatic heterocycles. The van der Waals surface area contributed by atoms with Gasteiger partial charge in [0, 0.05) is 9.61 Å². The standard InChI is InChI=1S/C14H18INO2/c1-9-3-2-4-11(7-9)16-14(18)12-8-10(15)5-6-13(12)17/h5-6,8-9,11,17H,2-4,7H2,1H3,(H,16,18). The van der Waals surface area contributed by atoms with Crippen molar-refractivity contribution in [1.29, 1.82) is 0 Å². The van der Waals surface area contributed by atoms with E-state index < -0.39 is 0 Å². The molecule has 0 aromatic heterocycles. The predicted octanol–water partition coefficient (Wildman–Crippen LogP) is 3.31. The van der Waals surface area contributed by atoms with E-state index in [1.807, 2.05) is 0 Å². The van der Waals surface area contributed by atoms with E-state index >= 15 is 0 Å².